The highest BCUT2D eigenvalue weighted by molar-refractivity contribution is 5.37. The highest BCUT2D eigenvalue weighted by Gasteiger charge is 2.08. The van der Waals surface area contributed by atoms with E-state index in [1.165, 1.54) is 22.3 Å². The third kappa shape index (κ3) is 5.31. The number of hydrogen-bond donors (Lipinski definition) is 1. The molecule has 3 nitrogen and oxygen atoms in total. The monoisotopic (exact) mass is 265 g/mol. The first-order valence-corrected chi connectivity index (χ1v) is 7.09. The lowest BCUT2D eigenvalue weighted by Gasteiger charge is -2.18. The highest BCUT2D eigenvalue weighted by Crippen LogP contribution is 2.16. The Hall–Kier alpha value is -0.900. The van der Waals surface area contributed by atoms with Crippen LogP contribution >= 0.6 is 0 Å². The molecule has 0 bridgehead atoms. The molecule has 0 saturated carbocycles. The summed E-state index contributed by atoms with van der Waals surface area (Å²) in [7, 11) is 0. The van der Waals surface area contributed by atoms with Gasteiger partial charge in [0.05, 0.1) is 0 Å². The molecule has 1 aromatic rings. The van der Waals surface area contributed by atoms with E-state index >= 15 is 0 Å². The van der Waals surface area contributed by atoms with Crippen LogP contribution in [0.3, 0.4) is 0 Å². The first kappa shape index (κ1) is 16.2. The Morgan fingerprint density at radius 2 is 1.53 bits per heavy atom. The van der Waals surface area contributed by atoms with Crippen LogP contribution in [0.15, 0.2) is 12.1 Å². The van der Waals surface area contributed by atoms with Crippen LogP contribution in [0.25, 0.3) is 0 Å². The van der Waals surface area contributed by atoms with Gasteiger partial charge in [0.25, 0.3) is 0 Å². The van der Waals surface area contributed by atoms with Crippen molar-refractivity contribution in [1.82, 2.24) is 5.32 Å². The third-order valence-electron chi connectivity index (χ3n) is 3.16. The minimum atomic E-state index is -0.152. The normalized spacial score (nSPS) is 11.3. The van der Waals surface area contributed by atoms with Gasteiger partial charge in [-0.1, -0.05) is 17.7 Å². The van der Waals surface area contributed by atoms with Gasteiger partial charge in [0.15, 0.2) is 6.29 Å². The minimum absolute atomic E-state index is 0.152. The first-order valence-electron chi connectivity index (χ1n) is 7.09. The molecule has 3 heteroatoms. The molecule has 0 heterocycles. The summed E-state index contributed by atoms with van der Waals surface area (Å²) < 4.78 is 11.0. The van der Waals surface area contributed by atoms with E-state index < -0.39 is 0 Å². The number of aryl methyl sites for hydroxylation is 3. The second-order valence-electron chi connectivity index (χ2n) is 4.85. The van der Waals surface area contributed by atoms with Crippen LogP contribution in [0, 0.1) is 20.8 Å². The molecule has 108 valence electrons. The van der Waals surface area contributed by atoms with Crippen molar-refractivity contribution in [2.75, 3.05) is 19.8 Å². The second kappa shape index (κ2) is 8.31. The topological polar surface area (TPSA) is 30.5 Å². The van der Waals surface area contributed by atoms with E-state index in [1.54, 1.807) is 0 Å². The first-order chi connectivity index (χ1) is 9.08. The quantitative estimate of drug-likeness (QED) is 0.733. The van der Waals surface area contributed by atoms with Gasteiger partial charge in [-0.05, 0) is 51.3 Å². The molecule has 0 aliphatic carbocycles. The molecule has 0 saturated heterocycles. The van der Waals surface area contributed by atoms with Crippen LogP contribution in [-0.2, 0) is 16.0 Å². The smallest absolute Gasteiger partial charge is 0.169 e. The summed E-state index contributed by atoms with van der Waals surface area (Å²) in [5, 5.41) is 3.42. The standard InChI is InChI=1S/C16H27NO2/c1-6-18-16(19-7-2)11-17-10-15-13(4)8-12(3)9-14(15)5/h8-9,16-17H,6-7,10-11H2,1-5H3. The Balaban J connectivity index is 2.52. The second-order valence-corrected chi connectivity index (χ2v) is 4.85. The molecule has 19 heavy (non-hydrogen) atoms. The molecule has 0 atom stereocenters. The van der Waals surface area contributed by atoms with Gasteiger partial charge in [-0.2, -0.15) is 0 Å². The fourth-order valence-corrected chi connectivity index (χ4v) is 2.34. The van der Waals surface area contributed by atoms with E-state index in [2.05, 4.69) is 38.2 Å². The average molecular weight is 265 g/mol. The van der Waals surface area contributed by atoms with Gasteiger partial charge < -0.3 is 14.8 Å². The molecule has 1 rings (SSSR count). The Morgan fingerprint density at radius 3 is 2.00 bits per heavy atom. The zero-order chi connectivity index (χ0) is 14.3. The molecule has 0 amide bonds. The van der Waals surface area contributed by atoms with Gasteiger partial charge in [0.1, 0.15) is 0 Å². The molecule has 1 N–H and O–H groups in total. The van der Waals surface area contributed by atoms with Gasteiger partial charge >= 0.3 is 0 Å². The maximum absolute atomic E-state index is 5.52. The van der Waals surface area contributed by atoms with Crippen molar-refractivity contribution < 1.29 is 9.47 Å². The van der Waals surface area contributed by atoms with Crippen LogP contribution in [-0.4, -0.2) is 26.0 Å². The molecule has 0 unspecified atom stereocenters. The number of rotatable bonds is 8. The van der Waals surface area contributed by atoms with E-state index in [0.29, 0.717) is 19.8 Å². The number of ether oxygens (including phenoxy) is 2. The van der Waals surface area contributed by atoms with Crippen LogP contribution in [0.5, 0.6) is 0 Å². The molecule has 0 aliphatic rings. The number of nitrogens with one attached hydrogen (secondary N) is 1. The van der Waals surface area contributed by atoms with Crippen molar-refractivity contribution in [3.8, 4) is 0 Å². The van der Waals surface area contributed by atoms with Crippen LogP contribution in [0.1, 0.15) is 36.1 Å². The van der Waals surface area contributed by atoms with Gasteiger partial charge in [0.2, 0.25) is 0 Å². The summed E-state index contributed by atoms with van der Waals surface area (Å²) in [6, 6.07) is 4.46. The summed E-state index contributed by atoms with van der Waals surface area (Å²) in [4.78, 5) is 0. The lowest BCUT2D eigenvalue weighted by atomic mass is 10.00. The fraction of sp³-hybridized carbons (Fsp3) is 0.625. The van der Waals surface area contributed by atoms with E-state index in [-0.39, 0.29) is 6.29 Å². The summed E-state index contributed by atoms with van der Waals surface area (Å²) in [5.74, 6) is 0. The predicted molar refractivity (Wildman–Crippen MR) is 79.4 cm³/mol. The molecule has 1 aromatic carbocycles. The van der Waals surface area contributed by atoms with Crippen molar-refractivity contribution in [2.24, 2.45) is 0 Å². The average Bonchev–Trinajstić information content (AvgIpc) is 2.32. The van der Waals surface area contributed by atoms with E-state index in [9.17, 15) is 0 Å². The van der Waals surface area contributed by atoms with Crippen molar-refractivity contribution in [3.05, 3.63) is 34.4 Å². The maximum atomic E-state index is 5.52. The largest absolute Gasteiger partial charge is 0.352 e. The van der Waals surface area contributed by atoms with Crippen molar-refractivity contribution in [1.29, 1.82) is 0 Å². The minimum Gasteiger partial charge on any atom is -0.352 e. The zero-order valence-corrected chi connectivity index (χ0v) is 12.9. The lowest BCUT2D eigenvalue weighted by molar-refractivity contribution is -0.133. The third-order valence-corrected chi connectivity index (χ3v) is 3.16. The molecule has 0 fully saturated rings. The van der Waals surface area contributed by atoms with Gasteiger partial charge in [-0.3, -0.25) is 0 Å². The van der Waals surface area contributed by atoms with Crippen LogP contribution in [0.4, 0.5) is 0 Å². The number of benzene rings is 1. The van der Waals surface area contributed by atoms with Crippen LogP contribution < -0.4 is 5.32 Å². The van der Waals surface area contributed by atoms with Crippen molar-refractivity contribution >= 4 is 0 Å². The summed E-state index contributed by atoms with van der Waals surface area (Å²) in [6.07, 6.45) is -0.152. The van der Waals surface area contributed by atoms with Crippen molar-refractivity contribution in [2.45, 2.75) is 47.5 Å². The Bertz CT molecular complexity index is 361. The van der Waals surface area contributed by atoms with Gasteiger partial charge in [-0.25, -0.2) is 0 Å². The molecule has 0 radical (unpaired) electrons. The molecular formula is C16H27NO2. The maximum Gasteiger partial charge on any atom is 0.169 e. The number of hydrogen-bond acceptors (Lipinski definition) is 3. The molecule has 0 spiro atoms. The van der Waals surface area contributed by atoms with Crippen LogP contribution in [0.2, 0.25) is 0 Å². The van der Waals surface area contributed by atoms with E-state index in [0.717, 1.165) is 6.54 Å². The summed E-state index contributed by atoms with van der Waals surface area (Å²) in [5.41, 5.74) is 5.38. The Labute approximate surface area is 117 Å². The molecule has 0 aromatic heterocycles. The van der Waals surface area contributed by atoms with Gasteiger partial charge in [0, 0.05) is 26.3 Å². The highest BCUT2D eigenvalue weighted by atomic mass is 16.7. The lowest BCUT2D eigenvalue weighted by Crippen LogP contribution is -2.31. The Morgan fingerprint density at radius 1 is 1.00 bits per heavy atom. The molecule has 0 aliphatic heterocycles. The van der Waals surface area contributed by atoms with E-state index in [1.807, 2.05) is 13.8 Å². The summed E-state index contributed by atoms with van der Waals surface area (Å²) >= 11 is 0. The van der Waals surface area contributed by atoms with Crippen molar-refractivity contribution in [3.63, 3.8) is 0 Å². The fourth-order valence-electron chi connectivity index (χ4n) is 2.34. The zero-order valence-electron chi connectivity index (χ0n) is 12.9. The SMILES string of the molecule is CCOC(CNCc1c(C)cc(C)cc1C)OCC. The Kier molecular flexibility index (Phi) is 7.06. The summed E-state index contributed by atoms with van der Waals surface area (Å²) in [6.45, 7) is 13.4. The predicted octanol–water partition coefficient (Wildman–Crippen LogP) is 3.10. The van der Waals surface area contributed by atoms with E-state index in [4.69, 9.17) is 9.47 Å². The molecular weight excluding hydrogens is 238 g/mol. The van der Waals surface area contributed by atoms with Gasteiger partial charge in [-0.15, -0.1) is 0 Å².